The Labute approximate surface area is 112 Å². The predicted molar refractivity (Wildman–Crippen MR) is 73.9 cm³/mol. The van der Waals surface area contributed by atoms with Crippen molar-refractivity contribution in [3.8, 4) is 0 Å². The van der Waals surface area contributed by atoms with E-state index in [0.29, 0.717) is 6.54 Å². The molecule has 0 bridgehead atoms. The lowest BCUT2D eigenvalue weighted by atomic mass is 10.0. The highest BCUT2D eigenvalue weighted by atomic mass is 16.2. The molecule has 19 heavy (non-hydrogen) atoms. The van der Waals surface area contributed by atoms with Crippen molar-refractivity contribution >= 4 is 11.6 Å². The highest BCUT2D eigenvalue weighted by Gasteiger charge is 2.26. The molecule has 1 atom stereocenters. The van der Waals surface area contributed by atoms with Gasteiger partial charge < -0.3 is 4.90 Å². The number of fused-ring (bicyclic) bond motifs is 1. The molecule has 1 aliphatic heterocycles. The lowest BCUT2D eigenvalue weighted by Crippen LogP contribution is -2.33. The largest absolute Gasteiger partial charge is 0.314 e. The lowest BCUT2D eigenvalue weighted by molar-refractivity contribution is -0.117. The third-order valence-electron chi connectivity index (χ3n) is 3.42. The number of rotatable bonds is 1. The van der Waals surface area contributed by atoms with Crippen LogP contribution in [0.2, 0.25) is 0 Å². The van der Waals surface area contributed by atoms with Gasteiger partial charge in [0, 0.05) is 18.9 Å². The molecule has 0 saturated carbocycles. The van der Waals surface area contributed by atoms with Crippen LogP contribution in [0, 0.1) is 0 Å². The predicted octanol–water partition coefficient (Wildman–Crippen LogP) is 1.74. The van der Waals surface area contributed by atoms with Crippen LogP contribution in [-0.4, -0.2) is 24.5 Å². The molecule has 1 aliphatic rings. The molecule has 0 radical (unpaired) electrons. The maximum absolute atomic E-state index is 12.0. The van der Waals surface area contributed by atoms with Crippen molar-refractivity contribution in [2.24, 2.45) is 0 Å². The van der Waals surface area contributed by atoms with Gasteiger partial charge in [-0.25, -0.2) is 0 Å². The molecule has 4 nitrogen and oxygen atoms in total. The fourth-order valence-electron chi connectivity index (χ4n) is 2.40. The molecule has 1 aromatic carbocycles. The fraction of sp³-hybridized carbons (Fsp3) is 0.200. The molecule has 96 valence electrons. The average Bonchev–Trinajstić information content (AvgIpc) is 2.59. The molecule has 1 amide bonds. The molecule has 1 aromatic heterocycles. The van der Waals surface area contributed by atoms with Crippen LogP contribution in [0.3, 0.4) is 0 Å². The number of hydrogen-bond donors (Lipinski definition) is 1. The average molecular weight is 253 g/mol. The van der Waals surface area contributed by atoms with E-state index in [4.69, 9.17) is 0 Å². The number of pyridine rings is 1. The van der Waals surface area contributed by atoms with Crippen molar-refractivity contribution in [2.75, 3.05) is 18.5 Å². The number of amides is 1. The summed E-state index contributed by atoms with van der Waals surface area (Å²) in [6.07, 6.45) is 1.77. The minimum atomic E-state index is -0.0497. The minimum absolute atomic E-state index is 0.0497. The Morgan fingerprint density at radius 1 is 1.21 bits per heavy atom. The van der Waals surface area contributed by atoms with E-state index in [0.717, 1.165) is 16.9 Å². The summed E-state index contributed by atoms with van der Waals surface area (Å²) < 4.78 is 0. The maximum Gasteiger partial charge on any atom is 0.240 e. The zero-order chi connectivity index (χ0) is 13.2. The summed E-state index contributed by atoms with van der Waals surface area (Å²) in [5.74, 6) is 0.0610. The highest BCUT2D eigenvalue weighted by molar-refractivity contribution is 5.96. The monoisotopic (exact) mass is 253 g/mol. The van der Waals surface area contributed by atoms with Crippen molar-refractivity contribution in [2.45, 2.75) is 6.04 Å². The number of para-hydroxylation sites is 1. The summed E-state index contributed by atoms with van der Waals surface area (Å²) in [6, 6.07) is 13.7. The Morgan fingerprint density at radius 3 is 2.79 bits per heavy atom. The van der Waals surface area contributed by atoms with Gasteiger partial charge in [-0.3, -0.25) is 15.1 Å². The summed E-state index contributed by atoms with van der Waals surface area (Å²) in [4.78, 5) is 18.1. The number of carbonyl (C=O) groups excluding carboxylic acids is 1. The topological polar surface area (TPSA) is 45.2 Å². The van der Waals surface area contributed by atoms with E-state index in [1.54, 1.807) is 11.1 Å². The number of likely N-dealkylation sites (N-methyl/N-ethyl adjacent to an activating group) is 1. The quantitative estimate of drug-likeness (QED) is 0.842. The number of aromatic nitrogens is 1. The van der Waals surface area contributed by atoms with Crippen molar-refractivity contribution in [3.63, 3.8) is 0 Å². The zero-order valence-electron chi connectivity index (χ0n) is 10.7. The van der Waals surface area contributed by atoms with Gasteiger partial charge in [-0.15, -0.1) is 0 Å². The number of benzene rings is 1. The summed E-state index contributed by atoms with van der Waals surface area (Å²) in [6.45, 7) is 0.312. The van der Waals surface area contributed by atoms with Gasteiger partial charge in [-0.1, -0.05) is 24.3 Å². The van der Waals surface area contributed by atoms with Gasteiger partial charge >= 0.3 is 0 Å². The van der Waals surface area contributed by atoms with E-state index in [9.17, 15) is 4.79 Å². The number of nitrogens with zero attached hydrogens (tertiary/aromatic N) is 2. The van der Waals surface area contributed by atoms with Crippen LogP contribution < -0.4 is 10.2 Å². The van der Waals surface area contributed by atoms with E-state index < -0.39 is 0 Å². The summed E-state index contributed by atoms with van der Waals surface area (Å²) in [5.41, 5.74) is 2.95. The number of hydrogen-bond acceptors (Lipinski definition) is 3. The van der Waals surface area contributed by atoms with Crippen molar-refractivity contribution in [1.29, 1.82) is 0 Å². The van der Waals surface area contributed by atoms with Gasteiger partial charge in [0.05, 0.1) is 18.3 Å². The third kappa shape index (κ3) is 2.11. The van der Waals surface area contributed by atoms with Crippen LogP contribution in [0.25, 0.3) is 0 Å². The Bertz CT molecular complexity index is 597. The van der Waals surface area contributed by atoms with Gasteiger partial charge in [0.15, 0.2) is 0 Å². The molecule has 4 heteroatoms. The first kappa shape index (κ1) is 11.9. The molecule has 0 fully saturated rings. The van der Waals surface area contributed by atoms with Gasteiger partial charge in [0.1, 0.15) is 0 Å². The Hall–Kier alpha value is -2.20. The molecule has 0 saturated heterocycles. The van der Waals surface area contributed by atoms with E-state index in [1.165, 1.54) is 0 Å². The van der Waals surface area contributed by atoms with Crippen molar-refractivity contribution < 1.29 is 4.79 Å². The van der Waals surface area contributed by atoms with E-state index >= 15 is 0 Å². The minimum Gasteiger partial charge on any atom is -0.314 e. The van der Waals surface area contributed by atoms with Gasteiger partial charge in [0.2, 0.25) is 5.91 Å². The SMILES string of the molecule is CN1C(=O)CNC(c2ccccn2)c2ccccc21. The standard InChI is InChI=1S/C15H15N3O/c1-18-13-8-3-2-6-11(13)15(17-10-14(18)19)12-7-4-5-9-16-12/h2-9,15,17H,10H2,1H3. The van der Waals surface area contributed by atoms with Crippen LogP contribution in [-0.2, 0) is 4.79 Å². The summed E-state index contributed by atoms with van der Waals surface area (Å²) >= 11 is 0. The first-order valence-electron chi connectivity index (χ1n) is 6.27. The number of anilines is 1. The normalized spacial score (nSPS) is 18.9. The van der Waals surface area contributed by atoms with Crippen molar-refractivity contribution in [3.05, 3.63) is 59.9 Å². The van der Waals surface area contributed by atoms with Crippen LogP contribution in [0.5, 0.6) is 0 Å². The second kappa shape index (κ2) is 4.82. The Balaban J connectivity index is 2.12. The smallest absolute Gasteiger partial charge is 0.240 e. The van der Waals surface area contributed by atoms with Gasteiger partial charge in [-0.05, 0) is 23.8 Å². The first-order valence-corrected chi connectivity index (χ1v) is 6.27. The molecular weight excluding hydrogens is 238 g/mol. The molecule has 0 spiro atoms. The van der Waals surface area contributed by atoms with E-state index in [-0.39, 0.29) is 11.9 Å². The molecule has 1 N–H and O–H groups in total. The lowest BCUT2D eigenvalue weighted by Gasteiger charge is -2.19. The molecule has 3 rings (SSSR count). The molecule has 1 unspecified atom stereocenters. The second-order valence-corrected chi connectivity index (χ2v) is 4.58. The van der Waals surface area contributed by atoms with E-state index in [1.807, 2.05) is 49.5 Å². The molecule has 2 heterocycles. The van der Waals surface area contributed by atoms with Gasteiger partial charge in [-0.2, -0.15) is 0 Å². The van der Waals surface area contributed by atoms with Crippen molar-refractivity contribution in [1.82, 2.24) is 10.3 Å². The maximum atomic E-state index is 12.0. The third-order valence-corrected chi connectivity index (χ3v) is 3.42. The number of carbonyl (C=O) groups is 1. The second-order valence-electron chi connectivity index (χ2n) is 4.58. The van der Waals surface area contributed by atoms with Crippen LogP contribution in [0.4, 0.5) is 5.69 Å². The number of nitrogens with one attached hydrogen (secondary N) is 1. The molecule has 2 aromatic rings. The fourth-order valence-corrected chi connectivity index (χ4v) is 2.40. The zero-order valence-corrected chi connectivity index (χ0v) is 10.7. The van der Waals surface area contributed by atoms with Crippen LogP contribution in [0.1, 0.15) is 17.3 Å². The Kier molecular flexibility index (Phi) is 3.01. The molecular formula is C15H15N3O. The van der Waals surface area contributed by atoms with Crippen LogP contribution >= 0.6 is 0 Å². The van der Waals surface area contributed by atoms with E-state index in [2.05, 4.69) is 10.3 Å². The Morgan fingerprint density at radius 2 is 2.00 bits per heavy atom. The summed E-state index contributed by atoms with van der Waals surface area (Å²) in [7, 11) is 1.81. The molecule has 0 aliphatic carbocycles. The highest BCUT2D eigenvalue weighted by Crippen LogP contribution is 2.31. The summed E-state index contributed by atoms with van der Waals surface area (Å²) in [5, 5.41) is 3.28. The van der Waals surface area contributed by atoms with Crippen LogP contribution in [0.15, 0.2) is 48.7 Å². The van der Waals surface area contributed by atoms with Gasteiger partial charge in [0.25, 0.3) is 0 Å². The first-order chi connectivity index (χ1) is 9.27.